The van der Waals surface area contributed by atoms with Gasteiger partial charge in [0.15, 0.2) is 0 Å². The van der Waals surface area contributed by atoms with Crippen molar-refractivity contribution in [2.24, 2.45) is 0 Å². The summed E-state index contributed by atoms with van der Waals surface area (Å²) in [5.74, 6) is 1.71. The van der Waals surface area contributed by atoms with Gasteiger partial charge in [0, 0.05) is 12.2 Å². The van der Waals surface area contributed by atoms with E-state index in [2.05, 4.69) is 59.9 Å². The van der Waals surface area contributed by atoms with E-state index in [9.17, 15) is 0 Å². The number of anilines is 1. The van der Waals surface area contributed by atoms with Gasteiger partial charge in [-0.2, -0.15) is 0 Å². The van der Waals surface area contributed by atoms with Crippen LogP contribution in [0.2, 0.25) is 0 Å². The first-order chi connectivity index (χ1) is 14.4. The maximum atomic E-state index is 5.75. The first-order valence-electron chi connectivity index (χ1n) is 10.00. The molecule has 4 rings (SSSR count). The third kappa shape index (κ3) is 5.29. The van der Waals surface area contributed by atoms with E-state index in [4.69, 9.17) is 9.47 Å². The average Bonchev–Trinajstić information content (AvgIpc) is 2.79. The lowest BCUT2D eigenvalue weighted by Crippen LogP contribution is -2.09. The SMILES string of the molecule is c1ccc(OCCOc2ccc(NCCc3cccc4ccccc34)cc2)cc1. The van der Waals surface area contributed by atoms with Crippen LogP contribution in [0.25, 0.3) is 10.8 Å². The number of para-hydroxylation sites is 1. The number of hydrogen-bond donors (Lipinski definition) is 1. The van der Waals surface area contributed by atoms with E-state index >= 15 is 0 Å². The molecule has 0 unspecified atom stereocenters. The minimum Gasteiger partial charge on any atom is -0.490 e. The lowest BCUT2D eigenvalue weighted by molar-refractivity contribution is 0.217. The molecule has 4 aromatic rings. The Hall–Kier alpha value is -3.46. The third-order valence-corrected chi connectivity index (χ3v) is 4.82. The number of nitrogens with one attached hydrogen (secondary N) is 1. The molecule has 4 aromatic carbocycles. The zero-order valence-corrected chi connectivity index (χ0v) is 16.4. The lowest BCUT2D eigenvalue weighted by atomic mass is 10.0. The second kappa shape index (κ2) is 9.65. The van der Waals surface area contributed by atoms with E-state index in [-0.39, 0.29) is 0 Å². The Labute approximate surface area is 171 Å². The van der Waals surface area contributed by atoms with Crippen molar-refractivity contribution in [1.29, 1.82) is 0 Å². The van der Waals surface area contributed by atoms with Crippen LogP contribution < -0.4 is 14.8 Å². The van der Waals surface area contributed by atoms with Gasteiger partial charge in [-0.15, -0.1) is 0 Å². The predicted octanol–water partition coefficient (Wildman–Crippen LogP) is 5.95. The molecule has 0 aliphatic heterocycles. The number of fused-ring (bicyclic) bond motifs is 1. The van der Waals surface area contributed by atoms with E-state index < -0.39 is 0 Å². The number of ether oxygens (including phenoxy) is 2. The van der Waals surface area contributed by atoms with Crippen molar-refractivity contribution in [3.63, 3.8) is 0 Å². The van der Waals surface area contributed by atoms with Gasteiger partial charge in [0.1, 0.15) is 24.7 Å². The Balaban J connectivity index is 1.22. The molecule has 0 saturated heterocycles. The summed E-state index contributed by atoms with van der Waals surface area (Å²) in [6.45, 7) is 1.93. The van der Waals surface area contributed by atoms with Crippen molar-refractivity contribution in [1.82, 2.24) is 0 Å². The standard InChI is InChI=1S/C26H25NO2/c1-2-10-24(11-3-1)28-19-20-29-25-15-13-23(14-16-25)27-18-17-22-9-6-8-21-7-4-5-12-26(21)22/h1-16,27H,17-20H2. The predicted molar refractivity (Wildman–Crippen MR) is 120 cm³/mol. The molecule has 3 heteroatoms. The molecule has 29 heavy (non-hydrogen) atoms. The van der Waals surface area contributed by atoms with Crippen LogP contribution in [0.1, 0.15) is 5.56 Å². The second-order valence-electron chi connectivity index (χ2n) is 6.85. The molecule has 3 nitrogen and oxygen atoms in total. The number of rotatable bonds is 9. The van der Waals surface area contributed by atoms with Gasteiger partial charge in [-0.3, -0.25) is 0 Å². The fraction of sp³-hybridized carbons (Fsp3) is 0.154. The van der Waals surface area contributed by atoms with Crippen molar-refractivity contribution >= 4 is 16.5 Å². The van der Waals surface area contributed by atoms with Crippen LogP contribution in [0, 0.1) is 0 Å². The highest BCUT2D eigenvalue weighted by Crippen LogP contribution is 2.20. The van der Waals surface area contributed by atoms with Crippen molar-refractivity contribution in [3.05, 3.63) is 103 Å². The van der Waals surface area contributed by atoms with Crippen LogP contribution in [0.4, 0.5) is 5.69 Å². The van der Waals surface area contributed by atoms with Crippen molar-refractivity contribution in [2.45, 2.75) is 6.42 Å². The molecule has 0 aliphatic carbocycles. The number of benzene rings is 4. The summed E-state index contributed by atoms with van der Waals surface area (Å²) in [4.78, 5) is 0. The molecule has 0 saturated carbocycles. The van der Waals surface area contributed by atoms with E-state index in [0.29, 0.717) is 13.2 Å². The summed E-state index contributed by atoms with van der Waals surface area (Å²) >= 11 is 0. The van der Waals surface area contributed by atoms with Gasteiger partial charge >= 0.3 is 0 Å². The highest BCUT2D eigenvalue weighted by atomic mass is 16.5. The Bertz CT molecular complexity index is 1020. The Morgan fingerprint density at radius 1 is 0.586 bits per heavy atom. The van der Waals surface area contributed by atoms with Gasteiger partial charge in [0.2, 0.25) is 0 Å². The summed E-state index contributed by atoms with van der Waals surface area (Å²) in [7, 11) is 0. The molecule has 0 aromatic heterocycles. The van der Waals surface area contributed by atoms with Crippen LogP contribution in [0.15, 0.2) is 97.1 Å². The summed E-state index contributed by atoms with van der Waals surface area (Å²) < 4.78 is 11.4. The minimum absolute atomic E-state index is 0.517. The van der Waals surface area contributed by atoms with Gasteiger partial charge in [-0.05, 0) is 59.2 Å². The van der Waals surface area contributed by atoms with Crippen molar-refractivity contribution in [3.8, 4) is 11.5 Å². The Morgan fingerprint density at radius 3 is 2.03 bits per heavy atom. The fourth-order valence-corrected chi connectivity index (χ4v) is 3.36. The molecule has 0 heterocycles. The Morgan fingerprint density at radius 2 is 1.24 bits per heavy atom. The topological polar surface area (TPSA) is 30.5 Å². The molecule has 0 radical (unpaired) electrons. The molecule has 0 atom stereocenters. The van der Waals surface area contributed by atoms with Crippen LogP contribution >= 0.6 is 0 Å². The number of hydrogen-bond acceptors (Lipinski definition) is 3. The van der Waals surface area contributed by atoms with E-state index in [1.807, 2.05) is 42.5 Å². The fourth-order valence-electron chi connectivity index (χ4n) is 3.36. The van der Waals surface area contributed by atoms with Gasteiger partial charge in [-0.25, -0.2) is 0 Å². The highest BCUT2D eigenvalue weighted by Gasteiger charge is 2.01. The van der Waals surface area contributed by atoms with Gasteiger partial charge in [0.25, 0.3) is 0 Å². The summed E-state index contributed by atoms with van der Waals surface area (Å²) in [5, 5.41) is 6.12. The summed E-state index contributed by atoms with van der Waals surface area (Å²) in [6.07, 6.45) is 0.983. The largest absolute Gasteiger partial charge is 0.490 e. The second-order valence-corrected chi connectivity index (χ2v) is 6.85. The zero-order chi connectivity index (χ0) is 19.7. The van der Waals surface area contributed by atoms with Crippen molar-refractivity contribution < 1.29 is 9.47 Å². The third-order valence-electron chi connectivity index (χ3n) is 4.82. The average molecular weight is 383 g/mol. The van der Waals surface area contributed by atoms with Crippen LogP contribution in [-0.2, 0) is 6.42 Å². The maximum absolute atomic E-state index is 5.75. The summed E-state index contributed by atoms with van der Waals surface area (Å²) in [6, 6.07) is 32.9. The summed E-state index contributed by atoms with van der Waals surface area (Å²) in [5.41, 5.74) is 2.46. The monoisotopic (exact) mass is 383 g/mol. The molecule has 146 valence electrons. The first-order valence-corrected chi connectivity index (χ1v) is 10.00. The van der Waals surface area contributed by atoms with E-state index in [1.165, 1.54) is 16.3 Å². The molecule has 0 fully saturated rings. The molecular weight excluding hydrogens is 358 g/mol. The normalized spacial score (nSPS) is 10.6. The Kier molecular flexibility index (Phi) is 6.28. The lowest BCUT2D eigenvalue weighted by Gasteiger charge is -2.11. The minimum atomic E-state index is 0.517. The molecule has 0 amide bonds. The van der Waals surface area contributed by atoms with Crippen molar-refractivity contribution in [2.75, 3.05) is 25.1 Å². The maximum Gasteiger partial charge on any atom is 0.122 e. The molecule has 0 bridgehead atoms. The van der Waals surface area contributed by atoms with Gasteiger partial charge < -0.3 is 14.8 Å². The molecule has 0 spiro atoms. The molecule has 0 aliphatic rings. The highest BCUT2D eigenvalue weighted by molar-refractivity contribution is 5.85. The first kappa shape index (κ1) is 18.9. The van der Waals surface area contributed by atoms with Gasteiger partial charge in [0.05, 0.1) is 0 Å². The van der Waals surface area contributed by atoms with E-state index in [1.54, 1.807) is 0 Å². The molecule has 1 N–H and O–H groups in total. The van der Waals surface area contributed by atoms with Crippen LogP contribution in [0.3, 0.4) is 0 Å². The smallest absolute Gasteiger partial charge is 0.122 e. The molecular formula is C26H25NO2. The quantitative estimate of drug-likeness (QED) is 0.362. The van der Waals surface area contributed by atoms with Crippen LogP contribution in [0.5, 0.6) is 11.5 Å². The zero-order valence-electron chi connectivity index (χ0n) is 16.4. The van der Waals surface area contributed by atoms with Crippen LogP contribution in [-0.4, -0.2) is 19.8 Å². The van der Waals surface area contributed by atoms with E-state index in [0.717, 1.165) is 30.2 Å². The van der Waals surface area contributed by atoms with Gasteiger partial charge in [-0.1, -0.05) is 60.7 Å².